The smallest absolute Gasteiger partial charge is 0.318 e. The number of rotatable bonds is 8. The Kier molecular flexibility index (Phi) is 8.99. The average molecular weight is 594 g/mol. The zero-order valence-electron chi connectivity index (χ0n) is 26.0. The lowest BCUT2D eigenvalue weighted by Gasteiger charge is -2.41. The van der Waals surface area contributed by atoms with Crippen molar-refractivity contribution >= 4 is 28.2 Å². The van der Waals surface area contributed by atoms with E-state index < -0.39 is 0 Å². The number of anilines is 2. The minimum absolute atomic E-state index is 0.123. The fourth-order valence-corrected chi connectivity index (χ4v) is 7.14. The van der Waals surface area contributed by atoms with Crippen molar-refractivity contribution in [2.75, 3.05) is 63.2 Å². The first-order valence-corrected chi connectivity index (χ1v) is 15.9. The molecular weight excluding hydrogens is 550 g/mol. The van der Waals surface area contributed by atoms with E-state index in [4.69, 9.17) is 21.3 Å². The van der Waals surface area contributed by atoms with Crippen molar-refractivity contribution in [1.82, 2.24) is 19.8 Å². The summed E-state index contributed by atoms with van der Waals surface area (Å²) in [6, 6.07) is 15.9. The van der Waals surface area contributed by atoms with Gasteiger partial charge in [0.1, 0.15) is 11.9 Å². The van der Waals surface area contributed by atoms with E-state index in [0.29, 0.717) is 50.8 Å². The molecule has 0 N–H and O–H groups in total. The number of piperazine rings is 1. The van der Waals surface area contributed by atoms with Crippen LogP contribution < -0.4 is 14.5 Å². The van der Waals surface area contributed by atoms with Crippen molar-refractivity contribution in [3.05, 3.63) is 77.8 Å². The molecule has 1 aliphatic carbocycles. The van der Waals surface area contributed by atoms with Crippen molar-refractivity contribution in [2.45, 2.75) is 50.7 Å². The van der Waals surface area contributed by atoms with Gasteiger partial charge in [0.25, 0.3) is 0 Å². The summed E-state index contributed by atoms with van der Waals surface area (Å²) in [6.45, 7) is 15.3. The number of carbonyl (C=O) groups excluding carboxylic acids is 1. The molecule has 1 amide bonds. The summed E-state index contributed by atoms with van der Waals surface area (Å²) >= 11 is 0. The summed E-state index contributed by atoms with van der Waals surface area (Å²) in [5.41, 5.74) is 3.35. The molecule has 44 heavy (non-hydrogen) atoms. The van der Waals surface area contributed by atoms with Gasteiger partial charge in [-0.1, -0.05) is 43.0 Å². The minimum atomic E-state index is -0.218. The third-order valence-corrected chi connectivity index (χ3v) is 9.67. The molecule has 1 aromatic heterocycles. The third-order valence-electron chi connectivity index (χ3n) is 9.67. The SMILES string of the molecule is [C-]#[N+]C[C@H]1CN(c2nc(OCC3CCC(N(C)C)CC3)nc3c2CCN(c2cccc4ccccc24)C3)CCN1C(=O)C=C. The number of amides is 1. The molecule has 230 valence electrons. The number of fused-ring (bicyclic) bond motifs is 2. The van der Waals surface area contributed by atoms with Gasteiger partial charge in [0, 0.05) is 48.9 Å². The van der Waals surface area contributed by atoms with Crippen LogP contribution in [0.25, 0.3) is 15.6 Å². The van der Waals surface area contributed by atoms with E-state index in [0.717, 1.165) is 42.9 Å². The highest BCUT2D eigenvalue weighted by Gasteiger charge is 2.35. The Bertz CT molecular complexity index is 1540. The first-order chi connectivity index (χ1) is 21.4. The largest absolute Gasteiger partial charge is 0.463 e. The first-order valence-electron chi connectivity index (χ1n) is 15.9. The summed E-state index contributed by atoms with van der Waals surface area (Å²) in [4.78, 5) is 35.1. The van der Waals surface area contributed by atoms with Crippen LogP contribution in [0, 0.1) is 12.5 Å². The Morgan fingerprint density at radius 3 is 2.64 bits per heavy atom. The Hall–Kier alpha value is -4.16. The maximum atomic E-state index is 12.6. The topological polar surface area (TPSA) is 69.4 Å². The van der Waals surface area contributed by atoms with E-state index in [1.54, 1.807) is 4.90 Å². The van der Waals surface area contributed by atoms with Gasteiger partial charge < -0.3 is 29.2 Å². The van der Waals surface area contributed by atoms with Gasteiger partial charge in [-0.15, -0.1) is 0 Å². The first kappa shape index (κ1) is 29.9. The normalized spacial score (nSPS) is 22.0. The lowest BCUT2D eigenvalue weighted by molar-refractivity contribution is -0.128. The highest BCUT2D eigenvalue weighted by Crippen LogP contribution is 2.35. The van der Waals surface area contributed by atoms with Gasteiger partial charge in [0.05, 0.1) is 18.8 Å². The molecule has 1 saturated heterocycles. The molecule has 1 atom stereocenters. The Morgan fingerprint density at radius 2 is 1.86 bits per heavy atom. The molecule has 2 aromatic carbocycles. The van der Waals surface area contributed by atoms with Gasteiger partial charge in [-0.25, -0.2) is 6.57 Å². The summed E-state index contributed by atoms with van der Waals surface area (Å²) in [5.74, 6) is 1.26. The van der Waals surface area contributed by atoms with Gasteiger partial charge in [-0.05, 0) is 69.6 Å². The Balaban J connectivity index is 1.28. The van der Waals surface area contributed by atoms with Crippen LogP contribution in [0.5, 0.6) is 6.01 Å². The molecule has 0 unspecified atom stereocenters. The molecule has 3 heterocycles. The molecule has 3 aliphatic rings. The molecule has 2 aliphatic heterocycles. The van der Waals surface area contributed by atoms with E-state index in [9.17, 15) is 4.79 Å². The van der Waals surface area contributed by atoms with E-state index in [1.807, 2.05) is 0 Å². The van der Waals surface area contributed by atoms with E-state index >= 15 is 0 Å². The lowest BCUT2D eigenvalue weighted by atomic mass is 9.86. The van der Waals surface area contributed by atoms with Gasteiger partial charge in [-0.3, -0.25) is 4.79 Å². The van der Waals surface area contributed by atoms with E-state index in [1.165, 1.54) is 35.4 Å². The minimum Gasteiger partial charge on any atom is -0.463 e. The Morgan fingerprint density at radius 1 is 1.07 bits per heavy atom. The molecule has 2 fully saturated rings. The number of benzene rings is 2. The van der Waals surface area contributed by atoms with E-state index in [2.05, 4.69) is 82.7 Å². The third kappa shape index (κ3) is 6.22. The van der Waals surface area contributed by atoms with Gasteiger partial charge in [0.15, 0.2) is 0 Å². The molecule has 9 heteroatoms. The van der Waals surface area contributed by atoms with Crippen LogP contribution in [0.2, 0.25) is 0 Å². The van der Waals surface area contributed by atoms with Crippen LogP contribution in [-0.4, -0.2) is 91.2 Å². The van der Waals surface area contributed by atoms with Crippen LogP contribution in [-0.2, 0) is 17.8 Å². The molecule has 0 radical (unpaired) electrons. The maximum absolute atomic E-state index is 12.6. The number of hydrogen-bond donors (Lipinski definition) is 0. The monoisotopic (exact) mass is 593 g/mol. The predicted molar refractivity (Wildman–Crippen MR) is 175 cm³/mol. The molecular formula is C35H43N7O2. The van der Waals surface area contributed by atoms with Crippen molar-refractivity contribution in [2.24, 2.45) is 5.92 Å². The molecule has 6 rings (SSSR count). The second-order valence-electron chi connectivity index (χ2n) is 12.6. The maximum Gasteiger partial charge on any atom is 0.318 e. The van der Waals surface area contributed by atoms with Crippen molar-refractivity contribution in [3.8, 4) is 6.01 Å². The quantitative estimate of drug-likeness (QED) is 0.274. The van der Waals surface area contributed by atoms with Crippen molar-refractivity contribution < 1.29 is 9.53 Å². The van der Waals surface area contributed by atoms with Crippen LogP contribution in [0.3, 0.4) is 0 Å². The number of nitrogens with zero attached hydrogens (tertiary/aromatic N) is 7. The van der Waals surface area contributed by atoms with Crippen LogP contribution in [0.15, 0.2) is 55.1 Å². The standard InChI is InChI=1S/C35H43N7O2/c1-5-33(43)42-20-19-41(22-28(42)21-36-2)34-30-17-18-40(32-12-8-10-26-9-6-7-11-29(26)32)23-31(30)37-35(38-34)44-24-25-13-15-27(16-14-25)39(3)4/h5-12,25,27-28H,1,13-24H2,3-4H3/t25?,27?,28-/m0/s1. The number of carbonyl (C=O) groups is 1. The Labute approximate surface area is 260 Å². The zero-order valence-corrected chi connectivity index (χ0v) is 26.0. The van der Waals surface area contributed by atoms with Crippen molar-refractivity contribution in [1.29, 1.82) is 0 Å². The average Bonchev–Trinajstić information content (AvgIpc) is 3.06. The summed E-state index contributed by atoms with van der Waals surface area (Å²) in [5, 5.41) is 2.47. The predicted octanol–water partition coefficient (Wildman–Crippen LogP) is 4.81. The van der Waals surface area contributed by atoms with Gasteiger partial charge >= 0.3 is 6.01 Å². The number of hydrogen-bond acceptors (Lipinski definition) is 7. The highest BCUT2D eigenvalue weighted by molar-refractivity contribution is 5.94. The highest BCUT2D eigenvalue weighted by atomic mass is 16.5. The summed E-state index contributed by atoms with van der Waals surface area (Å²) in [7, 11) is 4.34. The summed E-state index contributed by atoms with van der Waals surface area (Å²) < 4.78 is 6.39. The van der Waals surface area contributed by atoms with E-state index in [-0.39, 0.29) is 18.5 Å². The van der Waals surface area contributed by atoms with Gasteiger partial charge in [-0.2, -0.15) is 9.97 Å². The van der Waals surface area contributed by atoms with Crippen LogP contribution in [0.4, 0.5) is 11.5 Å². The van der Waals surface area contributed by atoms with Crippen molar-refractivity contribution in [3.63, 3.8) is 0 Å². The second kappa shape index (κ2) is 13.2. The van der Waals surface area contributed by atoms with Gasteiger partial charge in [0.2, 0.25) is 12.5 Å². The second-order valence-corrected chi connectivity index (χ2v) is 12.6. The summed E-state index contributed by atoms with van der Waals surface area (Å²) in [6.07, 6.45) is 6.82. The molecule has 1 saturated carbocycles. The zero-order chi connectivity index (χ0) is 30.6. The fourth-order valence-electron chi connectivity index (χ4n) is 7.14. The molecule has 0 bridgehead atoms. The van der Waals surface area contributed by atoms with Crippen LogP contribution in [0.1, 0.15) is 36.9 Å². The lowest BCUT2D eigenvalue weighted by Crippen LogP contribution is -2.56. The number of ether oxygens (including phenoxy) is 1. The molecule has 9 nitrogen and oxygen atoms in total. The molecule has 3 aromatic rings. The molecule has 0 spiro atoms. The fraction of sp³-hybridized carbons (Fsp3) is 0.486. The van der Waals surface area contributed by atoms with Crippen LogP contribution >= 0.6 is 0 Å². The number of aromatic nitrogens is 2.